The highest BCUT2D eigenvalue weighted by Gasteiger charge is 2.21. The van der Waals surface area contributed by atoms with Crippen molar-refractivity contribution in [3.63, 3.8) is 0 Å². The fourth-order valence-corrected chi connectivity index (χ4v) is 4.30. The molecule has 4 N–H and O–H groups in total. The van der Waals surface area contributed by atoms with E-state index in [-0.39, 0.29) is 19.1 Å². The number of benzene rings is 1. The van der Waals surface area contributed by atoms with Gasteiger partial charge < -0.3 is 25.6 Å². The van der Waals surface area contributed by atoms with Crippen molar-refractivity contribution in [3.05, 3.63) is 60.6 Å². The van der Waals surface area contributed by atoms with E-state index >= 15 is 0 Å². The van der Waals surface area contributed by atoms with Gasteiger partial charge in [0.1, 0.15) is 23.7 Å². The van der Waals surface area contributed by atoms with Crippen LogP contribution >= 0.6 is 11.8 Å². The maximum atomic E-state index is 9.53. The summed E-state index contributed by atoms with van der Waals surface area (Å²) >= 11 is 1.81. The van der Waals surface area contributed by atoms with Crippen molar-refractivity contribution in [2.45, 2.75) is 24.2 Å². The number of ether oxygens (including phenoxy) is 1. The number of hydrogen-bond acceptors (Lipinski definition) is 9. The Labute approximate surface area is 198 Å². The lowest BCUT2D eigenvalue weighted by atomic mass is 9.96. The average molecular weight is 470 g/mol. The number of anilines is 2. The molecule has 3 rings (SSSR count). The van der Waals surface area contributed by atoms with Crippen molar-refractivity contribution in [1.82, 2.24) is 15.0 Å². The molecular weight excluding hydrogens is 438 g/mol. The fraction of sp³-hybridized carbons (Fsp3) is 0.375. The Morgan fingerprint density at radius 2 is 1.79 bits per heavy atom. The minimum absolute atomic E-state index is 0.212. The minimum Gasteiger partial charge on any atom is -0.496 e. The highest BCUT2D eigenvalue weighted by molar-refractivity contribution is 7.99. The van der Waals surface area contributed by atoms with E-state index in [9.17, 15) is 5.11 Å². The SMILES string of the molecule is COc1ccccc1[C@H](C)C(CNc1cc(-c2ccnc(NCC(O)CO)c2)ncn1)SC. The van der Waals surface area contributed by atoms with Crippen molar-refractivity contribution in [3.8, 4) is 17.0 Å². The fourth-order valence-electron chi connectivity index (χ4n) is 3.50. The molecule has 0 fully saturated rings. The molecule has 0 aliphatic rings. The Balaban J connectivity index is 1.68. The number of aromatic nitrogens is 3. The van der Waals surface area contributed by atoms with Crippen LogP contribution in [-0.2, 0) is 0 Å². The van der Waals surface area contributed by atoms with Gasteiger partial charge in [-0.1, -0.05) is 25.1 Å². The predicted molar refractivity (Wildman–Crippen MR) is 134 cm³/mol. The first kappa shape index (κ1) is 24.8. The van der Waals surface area contributed by atoms with Gasteiger partial charge in [-0.15, -0.1) is 0 Å². The van der Waals surface area contributed by atoms with Gasteiger partial charge in [0.25, 0.3) is 0 Å². The van der Waals surface area contributed by atoms with E-state index in [2.05, 4.69) is 44.8 Å². The lowest BCUT2D eigenvalue weighted by Gasteiger charge is -2.24. The molecule has 33 heavy (non-hydrogen) atoms. The van der Waals surface area contributed by atoms with Gasteiger partial charge in [-0.05, 0) is 35.9 Å². The lowest BCUT2D eigenvalue weighted by molar-refractivity contribution is 0.105. The van der Waals surface area contributed by atoms with Crippen molar-refractivity contribution in [2.75, 3.05) is 43.7 Å². The largest absolute Gasteiger partial charge is 0.496 e. The van der Waals surface area contributed by atoms with Crippen LogP contribution < -0.4 is 15.4 Å². The first-order chi connectivity index (χ1) is 16.0. The number of methoxy groups -OCH3 is 1. The first-order valence-corrected chi connectivity index (χ1v) is 12.0. The zero-order valence-corrected chi connectivity index (χ0v) is 19.9. The summed E-state index contributed by atoms with van der Waals surface area (Å²) in [5.74, 6) is 2.53. The van der Waals surface area contributed by atoms with Crippen LogP contribution in [0.1, 0.15) is 18.4 Å². The van der Waals surface area contributed by atoms with Gasteiger partial charge in [0.05, 0.1) is 25.5 Å². The second-order valence-electron chi connectivity index (χ2n) is 7.62. The molecule has 2 aromatic heterocycles. The molecule has 3 aromatic rings. The maximum absolute atomic E-state index is 9.53. The Hall–Kier alpha value is -2.88. The summed E-state index contributed by atoms with van der Waals surface area (Å²) in [6, 6.07) is 13.8. The molecule has 176 valence electrons. The first-order valence-electron chi connectivity index (χ1n) is 10.8. The van der Waals surface area contributed by atoms with Crippen LogP contribution in [0.3, 0.4) is 0 Å². The Kier molecular flexibility index (Phi) is 9.29. The molecule has 0 bridgehead atoms. The van der Waals surface area contributed by atoms with Crippen LogP contribution in [0.25, 0.3) is 11.3 Å². The Bertz CT molecular complexity index is 1020. The van der Waals surface area contributed by atoms with Crippen LogP contribution in [0.15, 0.2) is 55.0 Å². The summed E-state index contributed by atoms with van der Waals surface area (Å²) in [4.78, 5) is 13.0. The second kappa shape index (κ2) is 12.4. The standard InChI is InChI=1S/C24H31N5O3S/c1-16(19-6-4-5-7-21(19)32-2)22(33-3)13-27-24-11-20(28-15-29-24)17-8-9-25-23(10-17)26-12-18(31)14-30/h4-11,15-16,18,22,30-31H,12-14H2,1-3H3,(H,25,26)(H,27,28,29)/t16-,18?,22?/m0/s1. The molecule has 0 saturated carbocycles. The monoisotopic (exact) mass is 469 g/mol. The maximum Gasteiger partial charge on any atom is 0.129 e. The van der Waals surface area contributed by atoms with Crippen molar-refractivity contribution < 1.29 is 14.9 Å². The van der Waals surface area contributed by atoms with Crippen LogP contribution in [0.2, 0.25) is 0 Å². The smallest absolute Gasteiger partial charge is 0.129 e. The number of nitrogens with zero attached hydrogens (tertiary/aromatic N) is 3. The molecule has 0 saturated heterocycles. The molecular formula is C24H31N5O3S. The predicted octanol–water partition coefficient (Wildman–Crippen LogP) is 3.26. The van der Waals surface area contributed by atoms with Crippen molar-refractivity contribution in [2.24, 2.45) is 0 Å². The van der Waals surface area contributed by atoms with Crippen LogP contribution in [-0.4, -0.2) is 69.6 Å². The number of rotatable bonds is 12. The van der Waals surface area contributed by atoms with Gasteiger partial charge in [-0.3, -0.25) is 0 Å². The molecule has 2 unspecified atom stereocenters. The lowest BCUT2D eigenvalue weighted by Crippen LogP contribution is -2.23. The minimum atomic E-state index is -0.840. The summed E-state index contributed by atoms with van der Waals surface area (Å²) < 4.78 is 5.55. The van der Waals surface area contributed by atoms with Gasteiger partial charge in [0.2, 0.25) is 0 Å². The molecule has 9 heteroatoms. The van der Waals surface area contributed by atoms with E-state index in [4.69, 9.17) is 9.84 Å². The van der Waals surface area contributed by atoms with Gasteiger partial charge in [0.15, 0.2) is 0 Å². The molecule has 0 aliphatic carbocycles. The molecule has 0 spiro atoms. The molecule has 2 heterocycles. The number of thioether (sulfide) groups is 1. The third-order valence-corrected chi connectivity index (χ3v) is 6.61. The van der Waals surface area contributed by atoms with E-state index in [1.165, 1.54) is 5.56 Å². The Morgan fingerprint density at radius 3 is 2.55 bits per heavy atom. The summed E-state index contributed by atoms with van der Waals surface area (Å²) in [7, 11) is 1.70. The number of nitrogens with one attached hydrogen (secondary N) is 2. The highest BCUT2D eigenvalue weighted by atomic mass is 32.2. The number of aliphatic hydroxyl groups excluding tert-OH is 2. The van der Waals surface area contributed by atoms with E-state index in [0.29, 0.717) is 11.1 Å². The van der Waals surface area contributed by atoms with Crippen LogP contribution in [0.5, 0.6) is 5.75 Å². The molecule has 3 atom stereocenters. The van der Waals surface area contributed by atoms with Gasteiger partial charge in [0, 0.05) is 36.2 Å². The number of para-hydroxylation sites is 1. The number of aliphatic hydroxyl groups is 2. The third-order valence-electron chi connectivity index (χ3n) is 5.43. The van der Waals surface area contributed by atoms with E-state index in [0.717, 1.165) is 29.4 Å². The summed E-state index contributed by atoms with van der Waals surface area (Å²) in [5.41, 5.74) is 2.83. The van der Waals surface area contributed by atoms with E-state index < -0.39 is 6.10 Å². The van der Waals surface area contributed by atoms with E-state index in [1.807, 2.05) is 48.2 Å². The second-order valence-corrected chi connectivity index (χ2v) is 8.70. The highest BCUT2D eigenvalue weighted by Crippen LogP contribution is 2.33. The van der Waals surface area contributed by atoms with Gasteiger partial charge >= 0.3 is 0 Å². The zero-order valence-electron chi connectivity index (χ0n) is 19.1. The molecule has 1 aromatic carbocycles. The molecule has 0 aliphatic heterocycles. The average Bonchev–Trinajstić information content (AvgIpc) is 2.87. The third kappa shape index (κ3) is 6.80. The van der Waals surface area contributed by atoms with Gasteiger partial charge in [-0.25, -0.2) is 15.0 Å². The van der Waals surface area contributed by atoms with Crippen molar-refractivity contribution in [1.29, 1.82) is 0 Å². The quantitative estimate of drug-likeness (QED) is 0.317. The molecule has 0 radical (unpaired) electrons. The van der Waals surface area contributed by atoms with E-state index in [1.54, 1.807) is 19.6 Å². The summed E-state index contributed by atoms with van der Waals surface area (Å²) in [5, 5.41) is 25.3. The normalized spacial score (nSPS) is 13.7. The van der Waals surface area contributed by atoms with Crippen LogP contribution in [0.4, 0.5) is 11.6 Å². The van der Waals surface area contributed by atoms with Crippen LogP contribution in [0, 0.1) is 0 Å². The Morgan fingerprint density at radius 1 is 1.03 bits per heavy atom. The zero-order chi connectivity index (χ0) is 23.6. The van der Waals surface area contributed by atoms with Gasteiger partial charge in [-0.2, -0.15) is 11.8 Å². The molecule has 0 amide bonds. The topological polar surface area (TPSA) is 112 Å². The molecule has 8 nitrogen and oxygen atoms in total. The summed E-state index contributed by atoms with van der Waals surface area (Å²) in [6.45, 7) is 2.86. The number of pyridine rings is 1. The van der Waals surface area contributed by atoms with Crippen molar-refractivity contribution >= 4 is 23.4 Å². The summed E-state index contributed by atoms with van der Waals surface area (Å²) in [6.07, 6.45) is 4.49. The number of hydrogen-bond donors (Lipinski definition) is 4.